The highest BCUT2D eigenvalue weighted by Gasteiger charge is 2.08. The van der Waals surface area contributed by atoms with Crippen molar-refractivity contribution in [1.82, 2.24) is 24.4 Å². The lowest BCUT2D eigenvalue weighted by atomic mass is 10.1. The lowest BCUT2D eigenvalue weighted by Crippen LogP contribution is -2.16. The van der Waals surface area contributed by atoms with Crippen LogP contribution in [0.4, 0.5) is 0 Å². The van der Waals surface area contributed by atoms with Gasteiger partial charge < -0.3 is 0 Å². The van der Waals surface area contributed by atoms with Gasteiger partial charge in [-0.25, -0.2) is 9.50 Å². The highest BCUT2D eigenvalue weighted by Crippen LogP contribution is 2.21. The van der Waals surface area contributed by atoms with E-state index in [0.717, 1.165) is 11.3 Å². The molecule has 23 heavy (non-hydrogen) atoms. The maximum atomic E-state index is 12.3. The minimum atomic E-state index is -0.162. The Balaban J connectivity index is 1.79. The van der Waals surface area contributed by atoms with Gasteiger partial charge in [-0.1, -0.05) is 23.7 Å². The highest BCUT2D eigenvalue weighted by molar-refractivity contribution is 6.30. The Morgan fingerprint density at radius 2 is 2.09 bits per heavy atom. The quantitative estimate of drug-likeness (QED) is 0.629. The molecule has 0 atom stereocenters. The largest absolute Gasteiger partial charge is 0.289 e. The molecule has 3 heterocycles. The number of aromatic amines is 1. The maximum Gasteiger partial charge on any atom is 0.272 e. The zero-order valence-corrected chi connectivity index (χ0v) is 12.7. The van der Waals surface area contributed by atoms with Crippen molar-refractivity contribution in [2.45, 2.75) is 6.54 Å². The predicted octanol–water partition coefficient (Wildman–Crippen LogP) is 2.59. The van der Waals surface area contributed by atoms with Gasteiger partial charge in [0.2, 0.25) is 0 Å². The van der Waals surface area contributed by atoms with Gasteiger partial charge in [0.15, 0.2) is 5.65 Å². The fourth-order valence-corrected chi connectivity index (χ4v) is 2.68. The fourth-order valence-electron chi connectivity index (χ4n) is 2.49. The van der Waals surface area contributed by atoms with E-state index in [9.17, 15) is 4.79 Å². The Kier molecular flexibility index (Phi) is 3.24. The molecule has 0 radical (unpaired) electrons. The van der Waals surface area contributed by atoms with E-state index in [1.54, 1.807) is 16.9 Å². The van der Waals surface area contributed by atoms with Crippen LogP contribution in [0.1, 0.15) is 5.69 Å². The molecule has 7 heteroatoms. The molecule has 0 fully saturated rings. The van der Waals surface area contributed by atoms with E-state index in [1.807, 2.05) is 36.5 Å². The van der Waals surface area contributed by atoms with Crippen molar-refractivity contribution in [3.63, 3.8) is 0 Å². The van der Waals surface area contributed by atoms with Crippen LogP contribution in [0.3, 0.4) is 0 Å². The van der Waals surface area contributed by atoms with Crippen LogP contribution in [-0.4, -0.2) is 24.4 Å². The van der Waals surface area contributed by atoms with E-state index in [1.165, 1.54) is 10.6 Å². The summed E-state index contributed by atoms with van der Waals surface area (Å²) in [5.74, 6) is 0. The van der Waals surface area contributed by atoms with E-state index >= 15 is 0 Å². The van der Waals surface area contributed by atoms with Crippen LogP contribution in [0, 0.1) is 0 Å². The number of nitrogens with zero attached hydrogens (tertiary/aromatic N) is 4. The first kappa shape index (κ1) is 13.8. The summed E-state index contributed by atoms with van der Waals surface area (Å²) in [5, 5.41) is 7.82. The van der Waals surface area contributed by atoms with Gasteiger partial charge in [-0.3, -0.25) is 14.6 Å². The average Bonchev–Trinajstić information content (AvgIpc) is 3.17. The Labute approximate surface area is 136 Å². The van der Waals surface area contributed by atoms with Gasteiger partial charge in [0.1, 0.15) is 0 Å². The van der Waals surface area contributed by atoms with E-state index in [2.05, 4.69) is 15.2 Å². The molecule has 0 saturated carbocycles. The molecule has 0 bridgehead atoms. The van der Waals surface area contributed by atoms with Crippen LogP contribution < -0.4 is 5.56 Å². The lowest BCUT2D eigenvalue weighted by molar-refractivity contribution is 0.669. The van der Waals surface area contributed by atoms with Crippen LogP contribution in [0.2, 0.25) is 5.02 Å². The standard InChI is InChI=1S/C16H12ClN5O/c17-12-4-1-3-11(7-12)14-9-15-19-13(8-16(23)22(15)20-14)10-21-6-2-5-18-21/h1-9,20H,10H2. The Morgan fingerprint density at radius 1 is 1.17 bits per heavy atom. The first-order chi connectivity index (χ1) is 11.2. The Hall–Kier alpha value is -2.86. The number of H-pyrrole nitrogens is 1. The van der Waals surface area contributed by atoms with Crippen LogP contribution in [0.5, 0.6) is 0 Å². The average molecular weight is 326 g/mol. The molecule has 0 aliphatic rings. The van der Waals surface area contributed by atoms with Gasteiger partial charge in [0.25, 0.3) is 5.56 Å². The second-order valence-electron chi connectivity index (χ2n) is 5.16. The molecule has 0 amide bonds. The summed E-state index contributed by atoms with van der Waals surface area (Å²) < 4.78 is 3.14. The number of halogens is 1. The summed E-state index contributed by atoms with van der Waals surface area (Å²) in [4.78, 5) is 16.8. The molecule has 4 aromatic rings. The molecule has 1 aromatic carbocycles. The third kappa shape index (κ3) is 2.64. The van der Waals surface area contributed by atoms with Gasteiger partial charge in [-0.05, 0) is 18.2 Å². The Morgan fingerprint density at radius 3 is 2.87 bits per heavy atom. The monoisotopic (exact) mass is 325 g/mol. The van der Waals surface area contributed by atoms with Crippen molar-refractivity contribution in [2.24, 2.45) is 0 Å². The third-order valence-corrected chi connectivity index (χ3v) is 3.76. The van der Waals surface area contributed by atoms with Crippen molar-refractivity contribution >= 4 is 17.2 Å². The van der Waals surface area contributed by atoms with Crippen molar-refractivity contribution in [3.05, 3.63) is 75.9 Å². The second-order valence-corrected chi connectivity index (χ2v) is 5.60. The normalized spacial score (nSPS) is 11.2. The predicted molar refractivity (Wildman–Crippen MR) is 87.6 cm³/mol. The van der Waals surface area contributed by atoms with Gasteiger partial charge in [-0.15, -0.1) is 0 Å². The van der Waals surface area contributed by atoms with Crippen molar-refractivity contribution < 1.29 is 0 Å². The smallest absolute Gasteiger partial charge is 0.272 e. The van der Waals surface area contributed by atoms with Gasteiger partial charge in [0.05, 0.1) is 17.9 Å². The molecular weight excluding hydrogens is 314 g/mol. The third-order valence-electron chi connectivity index (χ3n) is 3.52. The molecular formula is C16H12ClN5O. The van der Waals surface area contributed by atoms with Gasteiger partial charge >= 0.3 is 0 Å². The summed E-state index contributed by atoms with van der Waals surface area (Å²) in [6.07, 6.45) is 3.52. The molecule has 4 rings (SSSR count). The zero-order chi connectivity index (χ0) is 15.8. The SMILES string of the molecule is O=c1cc(Cn2cccn2)nc2cc(-c3cccc(Cl)c3)[nH]n12. The van der Waals surface area contributed by atoms with E-state index in [0.29, 0.717) is 22.9 Å². The van der Waals surface area contributed by atoms with Crippen LogP contribution in [-0.2, 0) is 6.54 Å². The molecule has 0 aliphatic heterocycles. The van der Waals surface area contributed by atoms with E-state index < -0.39 is 0 Å². The number of fused-ring (bicyclic) bond motifs is 1. The van der Waals surface area contributed by atoms with E-state index in [4.69, 9.17) is 11.6 Å². The number of rotatable bonds is 3. The molecule has 114 valence electrons. The number of nitrogens with one attached hydrogen (secondary N) is 1. The minimum absolute atomic E-state index is 0.162. The number of hydrogen-bond donors (Lipinski definition) is 1. The molecule has 0 aliphatic carbocycles. The van der Waals surface area contributed by atoms with Crippen molar-refractivity contribution in [2.75, 3.05) is 0 Å². The van der Waals surface area contributed by atoms with Crippen LogP contribution in [0.15, 0.2) is 59.7 Å². The van der Waals surface area contributed by atoms with Crippen molar-refractivity contribution in [3.8, 4) is 11.3 Å². The van der Waals surface area contributed by atoms with Crippen LogP contribution >= 0.6 is 11.6 Å². The summed E-state index contributed by atoms with van der Waals surface area (Å²) in [6, 6.07) is 12.6. The Bertz CT molecular complexity index is 1030. The summed E-state index contributed by atoms with van der Waals surface area (Å²) >= 11 is 6.02. The molecule has 0 spiro atoms. The number of benzene rings is 1. The number of hydrogen-bond acceptors (Lipinski definition) is 3. The lowest BCUT2D eigenvalue weighted by Gasteiger charge is -2.01. The van der Waals surface area contributed by atoms with Crippen molar-refractivity contribution in [1.29, 1.82) is 0 Å². The summed E-state index contributed by atoms with van der Waals surface area (Å²) in [5.41, 5.74) is 2.75. The topological polar surface area (TPSA) is 68.0 Å². The molecule has 3 aromatic heterocycles. The summed E-state index contributed by atoms with van der Waals surface area (Å²) in [7, 11) is 0. The molecule has 0 saturated heterocycles. The van der Waals surface area contributed by atoms with Crippen LogP contribution in [0.25, 0.3) is 16.9 Å². The maximum absolute atomic E-state index is 12.3. The molecule has 1 N–H and O–H groups in total. The minimum Gasteiger partial charge on any atom is -0.289 e. The first-order valence-electron chi connectivity index (χ1n) is 7.04. The van der Waals surface area contributed by atoms with Gasteiger partial charge in [0, 0.05) is 35.1 Å². The fraction of sp³-hybridized carbons (Fsp3) is 0.0625. The van der Waals surface area contributed by atoms with E-state index in [-0.39, 0.29) is 5.56 Å². The molecule has 0 unspecified atom stereocenters. The molecule has 6 nitrogen and oxygen atoms in total. The summed E-state index contributed by atoms with van der Waals surface area (Å²) in [6.45, 7) is 0.455. The highest BCUT2D eigenvalue weighted by atomic mass is 35.5. The number of aromatic nitrogens is 5. The zero-order valence-electron chi connectivity index (χ0n) is 12.0. The van der Waals surface area contributed by atoms with Gasteiger partial charge in [-0.2, -0.15) is 5.10 Å². The second kappa shape index (κ2) is 5.40. The first-order valence-corrected chi connectivity index (χ1v) is 7.42.